The summed E-state index contributed by atoms with van der Waals surface area (Å²) in [5.74, 6) is 0.306. The number of carbonyl (C=O) groups excluding carboxylic acids is 1. The van der Waals surface area contributed by atoms with Crippen molar-refractivity contribution in [1.82, 2.24) is 20.6 Å². The molecule has 0 saturated carbocycles. The average Bonchev–Trinajstić information content (AvgIpc) is 2.59. The van der Waals surface area contributed by atoms with E-state index >= 15 is 0 Å². The van der Waals surface area contributed by atoms with Crippen molar-refractivity contribution < 1.29 is 9.53 Å². The molecule has 4 N–H and O–H groups in total. The molecular weight excluding hydrogens is 420 g/mol. The van der Waals surface area contributed by atoms with Gasteiger partial charge in [0.1, 0.15) is 5.75 Å². The Morgan fingerprint density at radius 3 is 2.85 bits per heavy atom. The Hall–Kier alpha value is -2.95. The fraction of sp³-hybridized carbons (Fsp3) is 0.312. The summed E-state index contributed by atoms with van der Waals surface area (Å²) in [6.45, 7) is 4.03. The number of hydrogen-bond donors (Lipinski definition) is 4. The van der Waals surface area contributed by atoms with E-state index in [1.165, 1.54) is 6.21 Å². The molecule has 1 heterocycles. The maximum Gasteiger partial charge on any atom is 0.342 e. The van der Waals surface area contributed by atoms with Crippen LogP contribution in [0.1, 0.15) is 25.8 Å². The number of halogens is 1. The first-order valence-corrected chi connectivity index (χ1v) is 8.85. The quantitative estimate of drug-likeness (QED) is 0.357. The van der Waals surface area contributed by atoms with E-state index in [9.17, 15) is 14.4 Å². The van der Waals surface area contributed by atoms with Crippen LogP contribution in [0.4, 0.5) is 5.82 Å². The van der Waals surface area contributed by atoms with Crippen molar-refractivity contribution >= 4 is 33.9 Å². The lowest BCUT2D eigenvalue weighted by Gasteiger charge is -2.11. The van der Waals surface area contributed by atoms with Crippen molar-refractivity contribution in [2.75, 3.05) is 11.9 Å². The van der Waals surface area contributed by atoms with Gasteiger partial charge in [0.05, 0.1) is 16.8 Å². The van der Waals surface area contributed by atoms with E-state index in [1.807, 2.05) is 37.0 Å². The minimum atomic E-state index is -0.701. The summed E-state index contributed by atoms with van der Waals surface area (Å²) in [7, 11) is 0. The topological polar surface area (TPSA) is 141 Å². The summed E-state index contributed by atoms with van der Waals surface area (Å²) in [4.78, 5) is 36.0. The zero-order valence-electron chi connectivity index (χ0n) is 14.7. The van der Waals surface area contributed by atoms with E-state index in [-0.39, 0.29) is 30.8 Å². The second-order valence-electron chi connectivity index (χ2n) is 5.68. The van der Waals surface area contributed by atoms with E-state index in [1.54, 1.807) is 0 Å². The van der Waals surface area contributed by atoms with E-state index in [0.717, 1.165) is 15.8 Å². The van der Waals surface area contributed by atoms with Crippen LogP contribution in [0.3, 0.4) is 0 Å². The Labute approximate surface area is 162 Å². The number of ether oxygens (including phenoxy) is 1. The zero-order valence-corrected chi connectivity index (χ0v) is 16.3. The van der Waals surface area contributed by atoms with Gasteiger partial charge < -0.3 is 10.1 Å². The van der Waals surface area contributed by atoms with Crippen LogP contribution in [0, 0.1) is 0 Å². The fourth-order valence-electron chi connectivity index (χ4n) is 1.94. The van der Waals surface area contributed by atoms with Gasteiger partial charge in [0.15, 0.2) is 0 Å². The van der Waals surface area contributed by atoms with Crippen molar-refractivity contribution in [3.05, 3.63) is 49.1 Å². The highest BCUT2D eigenvalue weighted by Gasteiger charge is 2.05. The standard InChI is InChI=1S/C16H19BrN6O4/c1-9(2)27-12-4-3-10(7-11(12)17)8-19-21-13(24)5-6-18-14-15(25)20-16(26)23-22-14/h3-4,7-9H,5-6H2,1-2H3,(H,18,22)(H,21,24)(H2,20,23,25,26)/b19-8+. The van der Waals surface area contributed by atoms with Gasteiger partial charge in [-0.05, 0) is 53.5 Å². The molecular formula is C16H19BrN6O4. The van der Waals surface area contributed by atoms with Crippen LogP contribution in [0.15, 0.2) is 37.4 Å². The van der Waals surface area contributed by atoms with Crippen LogP contribution in [0.2, 0.25) is 0 Å². The summed E-state index contributed by atoms with van der Waals surface area (Å²) in [6.07, 6.45) is 1.63. The largest absolute Gasteiger partial charge is 0.490 e. The highest BCUT2D eigenvalue weighted by Crippen LogP contribution is 2.26. The summed E-state index contributed by atoms with van der Waals surface area (Å²) in [5, 5.41) is 12.2. The number of nitrogens with one attached hydrogen (secondary N) is 4. The number of aromatic nitrogens is 3. The van der Waals surface area contributed by atoms with Crippen LogP contribution >= 0.6 is 15.9 Å². The van der Waals surface area contributed by atoms with Crippen LogP contribution in [-0.2, 0) is 4.79 Å². The first-order valence-electron chi connectivity index (χ1n) is 8.06. The molecule has 0 spiro atoms. The van der Waals surface area contributed by atoms with Gasteiger partial charge in [-0.2, -0.15) is 5.10 Å². The molecule has 0 atom stereocenters. The molecule has 0 aliphatic heterocycles. The lowest BCUT2D eigenvalue weighted by molar-refractivity contribution is -0.120. The lowest BCUT2D eigenvalue weighted by Crippen LogP contribution is -2.28. The number of hydrogen-bond acceptors (Lipinski definition) is 7. The summed E-state index contributed by atoms with van der Waals surface area (Å²) in [6, 6.07) is 5.45. The summed E-state index contributed by atoms with van der Waals surface area (Å²) < 4.78 is 6.41. The van der Waals surface area contributed by atoms with Crippen LogP contribution in [0.25, 0.3) is 0 Å². The minimum Gasteiger partial charge on any atom is -0.490 e. The second-order valence-corrected chi connectivity index (χ2v) is 6.54. The predicted molar refractivity (Wildman–Crippen MR) is 104 cm³/mol. The Morgan fingerprint density at radius 1 is 1.41 bits per heavy atom. The molecule has 0 aliphatic rings. The normalized spacial score (nSPS) is 11.0. The number of anilines is 1. The van der Waals surface area contributed by atoms with Gasteiger partial charge in [-0.15, -0.1) is 5.10 Å². The molecule has 144 valence electrons. The second kappa shape index (κ2) is 9.67. The molecule has 0 unspecified atom stereocenters. The predicted octanol–water partition coefficient (Wildman–Crippen LogP) is 0.960. The Morgan fingerprint density at radius 2 is 2.19 bits per heavy atom. The van der Waals surface area contributed by atoms with Gasteiger partial charge in [-0.3, -0.25) is 14.6 Å². The molecule has 0 bridgehead atoms. The number of amides is 1. The van der Waals surface area contributed by atoms with Crippen LogP contribution in [-0.4, -0.2) is 40.0 Å². The van der Waals surface area contributed by atoms with E-state index in [0.29, 0.717) is 0 Å². The van der Waals surface area contributed by atoms with Crippen molar-refractivity contribution in [3.63, 3.8) is 0 Å². The van der Waals surface area contributed by atoms with Crippen LogP contribution in [0.5, 0.6) is 5.75 Å². The molecule has 11 heteroatoms. The lowest BCUT2D eigenvalue weighted by atomic mass is 10.2. The highest BCUT2D eigenvalue weighted by molar-refractivity contribution is 9.10. The molecule has 0 aliphatic carbocycles. The highest BCUT2D eigenvalue weighted by atomic mass is 79.9. The van der Waals surface area contributed by atoms with Gasteiger partial charge >= 0.3 is 5.69 Å². The summed E-state index contributed by atoms with van der Waals surface area (Å²) >= 11 is 3.42. The Balaban J connectivity index is 1.80. The molecule has 2 aromatic rings. The zero-order chi connectivity index (χ0) is 19.8. The van der Waals surface area contributed by atoms with Crippen LogP contribution < -0.4 is 26.7 Å². The third kappa shape index (κ3) is 6.70. The number of rotatable bonds is 8. The number of nitrogens with zero attached hydrogens (tertiary/aromatic N) is 2. The van der Waals surface area contributed by atoms with E-state index < -0.39 is 11.2 Å². The molecule has 2 rings (SSSR count). The molecule has 0 saturated heterocycles. The Bertz CT molecular complexity index is 937. The van der Waals surface area contributed by atoms with Gasteiger partial charge in [-0.25, -0.2) is 15.3 Å². The first-order chi connectivity index (χ1) is 12.8. The number of aromatic amines is 2. The maximum absolute atomic E-state index is 11.7. The van der Waals surface area contributed by atoms with Crippen molar-refractivity contribution in [3.8, 4) is 5.75 Å². The Kier molecular flexibility index (Phi) is 7.29. The molecule has 0 radical (unpaired) electrons. The molecule has 0 fully saturated rings. The maximum atomic E-state index is 11.7. The van der Waals surface area contributed by atoms with Gasteiger partial charge in [0.2, 0.25) is 11.7 Å². The smallest absolute Gasteiger partial charge is 0.342 e. The molecule has 1 aromatic carbocycles. The van der Waals surface area contributed by atoms with Gasteiger partial charge in [0, 0.05) is 13.0 Å². The first kappa shape index (κ1) is 20.4. The molecule has 10 nitrogen and oxygen atoms in total. The van der Waals surface area contributed by atoms with Crippen molar-refractivity contribution in [2.45, 2.75) is 26.4 Å². The third-order valence-electron chi connectivity index (χ3n) is 3.08. The minimum absolute atomic E-state index is 0.0580. The van der Waals surface area contributed by atoms with E-state index in [4.69, 9.17) is 4.74 Å². The molecule has 27 heavy (non-hydrogen) atoms. The van der Waals surface area contributed by atoms with Crippen molar-refractivity contribution in [1.29, 1.82) is 0 Å². The van der Waals surface area contributed by atoms with Gasteiger partial charge in [-0.1, -0.05) is 0 Å². The number of H-pyrrole nitrogens is 2. The molecule has 1 amide bonds. The van der Waals surface area contributed by atoms with Crippen molar-refractivity contribution in [2.24, 2.45) is 5.10 Å². The monoisotopic (exact) mass is 438 g/mol. The number of benzene rings is 1. The number of hydrazone groups is 1. The SMILES string of the molecule is CC(C)Oc1ccc(/C=N/NC(=O)CCNc2n[nH]c(=O)[nH]c2=O)cc1Br. The fourth-order valence-corrected chi connectivity index (χ4v) is 2.43. The summed E-state index contributed by atoms with van der Waals surface area (Å²) in [5.41, 5.74) is 1.80. The van der Waals surface area contributed by atoms with E-state index in [2.05, 4.69) is 42.0 Å². The number of carbonyl (C=O) groups is 1. The van der Waals surface area contributed by atoms with Gasteiger partial charge in [0.25, 0.3) is 5.56 Å². The third-order valence-corrected chi connectivity index (χ3v) is 3.70. The molecule has 1 aromatic heterocycles. The average molecular weight is 439 g/mol.